The molecular weight excluding hydrogens is 438 g/mol. The largest absolute Gasteiger partial charge is 0.497 e. The zero-order valence-corrected chi connectivity index (χ0v) is 20.1. The number of methoxy groups -OCH3 is 1. The van der Waals surface area contributed by atoms with Crippen LogP contribution in [-0.4, -0.2) is 42.2 Å². The van der Waals surface area contributed by atoms with Crippen LogP contribution in [-0.2, 0) is 20.7 Å². The van der Waals surface area contributed by atoms with E-state index in [0.29, 0.717) is 22.9 Å². The summed E-state index contributed by atoms with van der Waals surface area (Å²) in [5.41, 5.74) is 3.59. The maximum Gasteiger partial charge on any atom is 0.338 e. The van der Waals surface area contributed by atoms with Crippen LogP contribution >= 0.6 is 12.2 Å². The van der Waals surface area contributed by atoms with Crippen molar-refractivity contribution in [1.29, 1.82) is 0 Å². The second-order valence-corrected chi connectivity index (χ2v) is 7.93. The zero-order chi connectivity index (χ0) is 24.0. The van der Waals surface area contributed by atoms with Crippen molar-refractivity contribution in [2.24, 2.45) is 0 Å². The number of carbonyl (C=O) groups excluding carboxylic acids is 2. The Balaban J connectivity index is 1.83. The van der Waals surface area contributed by atoms with E-state index in [2.05, 4.69) is 10.6 Å². The summed E-state index contributed by atoms with van der Waals surface area (Å²) >= 11 is 5.53. The number of amides is 1. The number of esters is 1. The summed E-state index contributed by atoms with van der Waals surface area (Å²) in [5.74, 6) is 0.216. The Labute approximate surface area is 199 Å². The molecule has 0 bridgehead atoms. The molecule has 1 unspecified atom stereocenters. The maximum atomic E-state index is 12.8. The van der Waals surface area contributed by atoms with Gasteiger partial charge < -0.3 is 25.0 Å². The van der Waals surface area contributed by atoms with Crippen LogP contribution in [0.1, 0.15) is 37.9 Å². The molecule has 1 aliphatic rings. The van der Waals surface area contributed by atoms with Crippen molar-refractivity contribution in [3.63, 3.8) is 0 Å². The lowest BCUT2D eigenvalue weighted by molar-refractivity contribution is -0.139. The van der Waals surface area contributed by atoms with Gasteiger partial charge in [-0.15, -0.1) is 0 Å². The molecule has 7 nitrogen and oxygen atoms in total. The molecule has 0 saturated carbocycles. The molecule has 33 heavy (non-hydrogen) atoms. The van der Waals surface area contributed by atoms with Gasteiger partial charge in [0.15, 0.2) is 5.11 Å². The van der Waals surface area contributed by atoms with E-state index in [-0.39, 0.29) is 24.9 Å². The molecule has 2 N–H and O–H groups in total. The van der Waals surface area contributed by atoms with Crippen molar-refractivity contribution < 1.29 is 19.1 Å². The molecular formula is C25H29N3O4S. The molecule has 0 spiro atoms. The molecule has 2 aromatic carbocycles. The number of hydrogen-bond donors (Lipinski definition) is 2. The summed E-state index contributed by atoms with van der Waals surface area (Å²) in [5, 5.41) is 6.74. The normalized spacial score (nSPS) is 15.7. The minimum absolute atomic E-state index is 0.140. The molecule has 1 heterocycles. The van der Waals surface area contributed by atoms with E-state index in [0.717, 1.165) is 22.6 Å². The molecule has 8 heteroatoms. The Morgan fingerprint density at radius 1 is 1.15 bits per heavy atom. The first-order valence-corrected chi connectivity index (χ1v) is 11.3. The van der Waals surface area contributed by atoms with Crippen molar-refractivity contribution in [2.45, 2.75) is 33.2 Å². The minimum atomic E-state index is -0.474. The lowest BCUT2D eigenvalue weighted by Crippen LogP contribution is -2.47. The van der Waals surface area contributed by atoms with E-state index in [4.69, 9.17) is 21.7 Å². The summed E-state index contributed by atoms with van der Waals surface area (Å²) in [7, 11) is 1.60. The highest BCUT2D eigenvalue weighted by atomic mass is 32.1. The number of carbonyl (C=O) groups is 2. The summed E-state index contributed by atoms with van der Waals surface area (Å²) in [4.78, 5) is 27.3. The van der Waals surface area contributed by atoms with E-state index < -0.39 is 6.04 Å². The second-order valence-electron chi connectivity index (χ2n) is 7.54. The van der Waals surface area contributed by atoms with Crippen LogP contribution in [0, 0.1) is 0 Å². The van der Waals surface area contributed by atoms with Gasteiger partial charge in [0.25, 0.3) is 0 Å². The Morgan fingerprint density at radius 2 is 1.88 bits per heavy atom. The average Bonchev–Trinajstić information content (AvgIpc) is 2.79. The van der Waals surface area contributed by atoms with Crippen LogP contribution in [0.5, 0.6) is 5.75 Å². The number of nitrogens with zero attached hydrogens (tertiary/aromatic N) is 1. The molecule has 0 saturated heterocycles. The third-order valence-corrected chi connectivity index (χ3v) is 5.77. The molecule has 1 atom stereocenters. The number of allylic oxidation sites excluding steroid dienone is 1. The molecule has 1 amide bonds. The van der Waals surface area contributed by atoms with Crippen LogP contribution in [0.3, 0.4) is 0 Å². The Hall–Kier alpha value is -3.39. The van der Waals surface area contributed by atoms with E-state index in [1.54, 1.807) is 14.0 Å². The van der Waals surface area contributed by atoms with E-state index in [1.807, 2.05) is 67.3 Å². The summed E-state index contributed by atoms with van der Waals surface area (Å²) in [6, 6.07) is 14.3. The Kier molecular flexibility index (Phi) is 8.06. The van der Waals surface area contributed by atoms with Crippen molar-refractivity contribution >= 4 is 34.9 Å². The van der Waals surface area contributed by atoms with E-state index >= 15 is 0 Å². The lowest BCUT2D eigenvalue weighted by atomic mass is 9.94. The van der Waals surface area contributed by atoms with Gasteiger partial charge >= 0.3 is 5.97 Å². The number of anilines is 1. The highest BCUT2D eigenvalue weighted by molar-refractivity contribution is 7.80. The number of rotatable bonds is 8. The van der Waals surface area contributed by atoms with Crippen LogP contribution < -0.4 is 15.4 Å². The quantitative estimate of drug-likeness (QED) is 0.449. The number of ether oxygens (including phenoxy) is 2. The monoisotopic (exact) mass is 467 g/mol. The average molecular weight is 468 g/mol. The summed E-state index contributed by atoms with van der Waals surface area (Å²) in [6.07, 6.45) is 0.235. The lowest BCUT2D eigenvalue weighted by Gasteiger charge is -2.37. The zero-order valence-electron chi connectivity index (χ0n) is 19.3. The summed E-state index contributed by atoms with van der Waals surface area (Å²) < 4.78 is 10.5. The molecule has 0 radical (unpaired) electrons. The van der Waals surface area contributed by atoms with Gasteiger partial charge in [0.05, 0.1) is 31.8 Å². The standard InChI is InChI=1S/C25H29N3O4S/c1-5-28-16(3)22(24(30)32-6-2)23(27-25(28)33)18-8-7-9-19(15-18)26-21(29)14-17-10-12-20(31-4)13-11-17/h7-13,15,23H,5-6,14H2,1-4H3,(H,26,29)(H,27,33). The summed E-state index contributed by atoms with van der Waals surface area (Å²) in [6.45, 7) is 6.53. The Morgan fingerprint density at radius 3 is 2.52 bits per heavy atom. The van der Waals surface area contributed by atoms with Crippen LogP contribution in [0.4, 0.5) is 5.69 Å². The fraction of sp³-hybridized carbons (Fsp3) is 0.320. The van der Waals surface area contributed by atoms with Gasteiger partial charge in [-0.3, -0.25) is 4.79 Å². The van der Waals surface area contributed by atoms with Gasteiger partial charge in [-0.05, 0) is 68.4 Å². The van der Waals surface area contributed by atoms with Crippen molar-refractivity contribution in [1.82, 2.24) is 10.2 Å². The van der Waals surface area contributed by atoms with E-state index in [9.17, 15) is 9.59 Å². The van der Waals surface area contributed by atoms with Crippen LogP contribution in [0.15, 0.2) is 59.8 Å². The number of hydrogen-bond acceptors (Lipinski definition) is 5. The third-order valence-electron chi connectivity index (χ3n) is 5.44. The molecule has 2 aromatic rings. The molecule has 1 aliphatic heterocycles. The minimum Gasteiger partial charge on any atom is -0.497 e. The van der Waals surface area contributed by atoms with Gasteiger partial charge in [0.2, 0.25) is 5.91 Å². The molecule has 0 fully saturated rings. The smallest absolute Gasteiger partial charge is 0.338 e. The molecule has 0 aliphatic carbocycles. The fourth-order valence-corrected chi connectivity index (χ4v) is 4.20. The van der Waals surface area contributed by atoms with Crippen LogP contribution in [0.2, 0.25) is 0 Å². The van der Waals surface area contributed by atoms with Crippen molar-refractivity contribution in [3.8, 4) is 5.75 Å². The SMILES string of the molecule is CCOC(=O)C1=C(C)N(CC)C(=S)NC1c1cccc(NC(=O)Cc2ccc(OC)cc2)c1. The van der Waals surface area contributed by atoms with Gasteiger partial charge in [-0.1, -0.05) is 24.3 Å². The van der Waals surface area contributed by atoms with Crippen LogP contribution in [0.25, 0.3) is 0 Å². The first kappa shape index (κ1) is 24.3. The predicted molar refractivity (Wildman–Crippen MR) is 132 cm³/mol. The molecule has 174 valence electrons. The first-order valence-electron chi connectivity index (χ1n) is 10.9. The number of thiocarbonyl (C=S) groups is 1. The maximum absolute atomic E-state index is 12.8. The van der Waals surface area contributed by atoms with Gasteiger partial charge in [0, 0.05) is 17.9 Å². The predicted octanol–water partition coefficient (Wildman–Crippen LogP) is 3.96. The van der Waals surface area contributed by atoms with Crippen molar-refractivity contribution in [2.75, 3.05) is 25.6 Å². The molecule has 0 aromatic heterocycles. The third kappa shape index (κ3) is 5.70. The van der Waals surface area contributed by atoms with E-state index in [1.165, 1.54) is 0 Å². The highest BCUT2D eigenvalue weighted by Gasteiger charge is 2.34. The van der Waals surface area contributed by atoms with Gasteiger partial charge in [-0.25, -0.2) is 4.79 Å². The van der Waals surface area contributed by atoms with Gasteiger partial charge in [-0.2, -0.15) is 0 Å². The number of nitrogens with one attached hydrogen (secondary N) is 2. The second kappa shape index (κ2) is 11.0. The van der Waals surface area contributed by atoms with Crippen molar-refractivity contribution in [3.05, 3.63) is 70.9 Å². The van der Waals surface area contributed by atoms with Gasteiger partial charge in [0.1, 0.15) is 5.75 Å². The molecule has 3 rings (SSSR count). The Bertz CT molecular complexity index is 1070. The topological polar surface area (TPSA) is 79.9 Å². The first-order chi connectivity index (χ1) is 15.9. The number of benzene rings is 2. The fourth-order valence-electron chi connectivity index (χ4n) is 3.82. The highest BCUT2D eigenvalue weighted by Crippen LogP contribution is 2.32.